The van der Waals surface area contributed by atoms with Crippen LogP contribution in [-0.4, -0.2) is 54.7 Å². The minimum absolute atomic E-state index is 0.184. The molecule has 1 saturated heterocycles. The van der Waals surface area contributed by atoms with Gasteiger partial charge in [0.2, 0.25) is 10.0 Å². The first-order chi connectivity index (χ1) is 15.7. The van der Waals surface area contributed by atoms with E-state index in [1.54, 1.807) is 23.3 Å². The smallest absolute Gasteiger partial charge is 0.273 e. The Morgan fingerprint density at radius 2 is 1.67 bits per heavy atom. The monoisotopic (exact) mass is 485 g/mol. The number of carbonyl (C=O) groups excluding carboxylic acids is 1. The fourth-order valence-corrected chi connectivity index (χ4v) is 6.08. The third-order valence-electron chi connectivity index (χ3n) is 5.64. The summed E-state index contributed by atoms with van der Waals surface area (Å²) >= 11 is 1.38. The first-order valence-corrected chi connectivity index (χ1v) is 13.1. The number of hydrogen-bond acceptors (Lipinski definition) is 6. The Hall–Kier alpha value is -2.75. The number of aryl methyl sites for hydroxylation is 3. The van der Waals surface area contributed by atoms with E-state index in [1.165, 1.54) is 15.6 Å². The molecule has 0 spiro atoms. The molecule has 2 heterocycles. The zero-order valence-corrected chi connectivity index (χ0v) is 20.6. The summed E-state index contributed by atoms with van der Waals surface area (Å²) in [4.78, 5) is 19.3. The molecule has 9 heteroatoms. The molecule has 0 bridgehead atoms. The van der Waals surface area contributed by atoms with Gasteiger partial charge in [-0.05, 0) is 50.1 Å². The van der Waals surface area contributed by atoms with E-state index in [0.29, 0.717) is 30.3 Å². The highest BCUT2D eigenvalue weighted by molar-refractivity contribution is 7.89. The van der Waals surface area contributed by atoms with Gasteiger partial charge < -0.3 is 9.64 Å². The molecule has 1 aromatic heterocycles. The first-order valence-electron chi connectivity index (χ1n) is 10.7. The summed E-state index contributed by atoms with van der Waals surface area (Å²) < 4.78 is 33.4. The van der Waals surface area contributed by atoms with Gasteiger partial charge in [0.05, 0.1) is 4.90 Å². The second-order valence-corrected chi connectivity index (χ2v) is 11.0. The Balaban J connectivity index is 1.36. The molecule has 1 fully saturated rings. The van der Waals surface area contributed by atoms with Crippen molar-refractivity contribution < 1.29 is 17.9 Å². The van der Waals surface area contributed by atoms with Gasteiger partial charge in [0.1, 0.15) is 23.1 Å². The SMILES string of the molecule is Cc1ccc(OCc2nc(C(=O)N3CCN(S(=O)(=O)c4cc(C)ccc4C)CC3)cs2)cc1. The number of benzene rings is 2. The Labute approximate surface area is 198 Å². The lowest BCUT2D eigenvalue weighted by Crippen LogP contribution is -2.50. The number of nitrogens with zero attached hydrogens (tertiary/aromatic N) is 3. The average molecular weight is 486 g/mol. The Kier molecular flexibility index (Phi) is 6.83. The van der Waals surface area contributed by atoms with E-state index in [1.807, 2.05) is 50.2 Å². The molecule has 1 aliphatic heterocycles. The van der Waals surface area contributed by atoms with Crippen LogP contribution in [0, 0.1) is 20.8 Å². The van der Waals surface area contributed by atoms with E-state index < -0.39 is 10.0 Å². The summed E-state index contributed by atoms with van der Waals surface area (Å²) in [6.45, 7) is 7.16. The standard InChI is InChI=1S/C24H27N3O4S2/c1-17-5-8-20(9-6-17)31-15-23-25-21(16-32-23)24(28)26-10-12-27(13-11-26)33(29,30)22-14-18(2)4-7-19(22)3/h4-9,14,16H,10-13,15H2,1-3H3. The molecular formula is C24H27N3O4S2. The molecule has 174 valence electrons. The number of carbonyl (C=O) groups is 1. The van der Waals surface area contributed by atoms with Crippen molar-refractivity contribution >= 4 is 27.3 Å². The summed E-state index contributed by atoms with van der Waals surface area (Å²) in [5, 5.41) is 2.45. The topological polar surface area (TPSA) is 79.8 Å². The fraction of sp³-hybridized carbons (Fsp3) is 0.333. The van der Waals surface area contributed by atoms with Crippen LogP contribution in [0.4, 0.5) is 0 Å². The molecule has 33 heavy (non-hydrogen) atoms. The summed E-state index contributed by atoms with van der Waals surface area (Å²) in [5.41, 5.74) is 3.15. The van der Waals surface area contributed by atoms with E-state index in [-0.39, 0.29) is 19.0 Å². The van der Waals surface area contributed by atoms with Gasteiger partial charge in [-0.25, -0.2) is 13.4 Å². The molecule has 1 amide bonds. The number of piperazine rings is 1. The highest BCUT2D eigenvalue weighted by Crippen LogP contribution is 2.23. The summed E-state index contributed by atoms with van der Waals surface area (Å²) in [6, 6.07) is 13.2. The fourth-order valence-electron chi connectivity index (χ4n) is 3.67. The molecule has 1 aliphatic rings. The molecular weight excluding hydrogens is 458 g/mol. The van der Waals surface area contributed by atoms with Gasteiger partial charge in [-0.3, -0.25) is 4.79 Å². The zero-order chi connectivity index (χ0) is 23.6. The Bertz CT molecular complexity index is 1240. The number of amides is 1. The van der Waals surface area contributed by atoms with Gasteiger partial charge in [0.25, 0.3) is 5.91 Å². The van der Waals surface area contributed by atoms with Crippen LogP contribution in [-0.2, 0) is 16.6 Å². The number of ether oxygens (including phenoxy) is 1. The molecule has 7 nitrogen and oxygen atoms in total. The lowest BCUT2D eigenvalue weighted by atomic mass is 10.2. The number of sulfonamides is 1. The summed E-state index contributed by atoms with van der Waals surface area (Å²) in [6.07, 6.45) is 0. The summed E-state index contributed by atoms with van der Waals surface area (Å²) in [7, 11) is -3.60. The van der Waals surface area contributed by atoms with Gasteiger partial charge in [0, 0.05) is 31.6 Å². The lowest BCUT2D eigenvalue weighted by molar-refractivity contribution is 0.0692. The predicted molar refractivity (Wildman–Crippen MR) is 128 cm³/mol. The maximum Gasteiger partial charge on any atom is 0.273 e. The minimum atomic E-state index is -3.60. The van der Waals surface area contributed by atoms with Gasteiger partial charge in [-0.2, -0.15) is 4.31 Å². The second kappa shape index (κ2) is 9.62. The van der Waals surface area contributed by atoms with Crippen LogP contribution >= 0.6 is 11.3 Å². The van der Waals surface area contributed by atoms with Crippen LogP contribution in [0.25, 0.3) is 0 Å². The zero-order valence-electron chi connectivity index (χ0n) is 18.9. The van der Waals surface area contributed by atoms with Gasteiger partial charge in [-0.1, -0.05) is 29.8 Å². The average Bonchev–Trinajstić information content (AvgIpc) is 3.29. The van der Waals surface area contributed by atoms with E-state index >= 15 is 0 Å². The summed E-state index contributed by atoms with van der Waals surface area (Å²) in [5.74, 6) is 0.571. The molecule has 4 rings (SSSR count). The van der Waals surface area contributed by atoms with Crippen molar-refractivity contribution in [3.05, 3.63) is 75.2 Å². The van der Waals surface area contributed by atoms with E-state index in [2.05, 4.69) is 4.98 Å². The predicted octanol–water partition coefficient (Wildman–Crippen LogP) is 3.79. The third kappa shape index (κ3) is 5.26. The molecule has 0 saturated carbocycles. The van der Waals surface area contributed by atoms with Crippen LogP contribution in [0.3, 0.4) is 0 Å². The Morgan fingerprint density at radius 3 is 2.36 bits per heavy atom. The second-order valence-electron chi connectivity index (χ2n) is 8.19. The van der Waals surface area contributed by atoms with Crippen molar-refractivity contribution in [2.24, 2.45) is 0 Å². The van der Waals surface area contributed by atoms with Crippen molar-refractivity contribution in [3.8, 4) is 5.75 Å². The molecule has 3 aromatic rings. The minimum Gasteiger partial charge on any atom is -0.486 e. The van der Waals surface area contributed by atoms with Crippen molar-refractivity contribution in [1.82, 2.24) is 14.2 Å². The molecule has 0 N–H and O–H groups in total. The highest BCUT2D eigenvalue weighted by atomic mass is 32.2. The van der Waals surface area contributed by atoms with Crippen LogP contribution in [0.2, 0.25) is 0 Å². The molecule has 2 aromatic carbocycles. The number of thiazole rings is 1. The van der Waals surface area contributed by atoms with Gasteiger partial charge >= 0.3 is 0 Å². The van der Waals surface area contributed by atoms with E-state index in [0.717, 1.165) is 27.4 Å². The van der Waals surface area contributed by atoms with Gasteiger partial charge in [-0.15, -0.1) is 11.3 Å². The lowest BCUT2D eigenvalue weighted by Gasteiger charge is -2.34. The third-order valence-corrected chi connectivity index (χ3v) is 8.50. The van der Waals surface area contributed by atoms with Crippen molar-refractivity contribution in [2.75, 3.05) is 26.2 Å². The van der Waals surface area contributed by atoms with Crippen molar-refractivity contribution in [3.63, 3.8) is 0 Å². The number of hydrogen-bond donors (Lipinski definition) is 0. The van der Waals surface area contributed by atoms with E-state index in [9.17, 15) is 13.2 Å². The maximum atomic E-state index is 13.1. The van der Waals surface area contributed by atoms with E-state index in [4.69, 9.17) is 4.74 Å². The van der Waals surface area contributed by atoms with Crippen molar-refractivity contribution in [2.45, 2.75) is 32.3 Å². The first kappa shape index (κ1) is 23.4. The number of aromatic nitrogens is 1. The molecule has 0 atom stereocenters. The molecule has 0 radical (unpaired) electrons. The van der Waals surface area contributed by atoms with Crippen LogP contribution in [0.15, 0.2) is 52.7 Å². The van der Waals surface area contributed by atoms with Crippen LogP contribution in [0.5, 0.6) is 5.75 Å². The quantitative estimate of drug-likeness (QED) is 0.531. The normalized spacial score (nSPS) is 14.9. The highest BCUT2D eigenvalue weighted by Gasteiger charge is 2.32. The molecule has 0 unspecified atom stereocenters. The maximum absolute atomic E-state index is 13.1. The Morgan fingerprint density at radius 1 is 1.00 bits per heavy atom. The van der Waals surface area contributed by atoms with Crippen LogP contribution in [0.1, 0.15) is 32.2 Å². The van der Waals surface area contributed by atoms with Crippen LogP contribution < -0.4 is 4.74 Å². The molecule has 0 aliphatic carbocycles. The van der Waals surface area contributed by atoms with Gasteiger partial charge in [0.15, 0.2) is 0 Å². The van der Waals surface area contributed by atoms with Crippen molar-refractivity contribution in [1.29, 1.82) is 0 Å². The largest absolute Gasteiger partial charge is 0.486 e. The number of rotatable bonds is 6.